The highest BCUT2D eigenvalue weighted by molar-refractivity contribution is 4.76. The molecular weight excluding hydrogens is 216 g/mol. The normalized spacial score (nSPS) is 22.2. The Morgan fingerprint density at radius 3 is 2.94 bits per heavy atom. The van der Waals surface area contributed by atoms with Crippen molar-refractivity contribution < 1.29 is 9.47 Å². The highest BCUT2D eigenvalue weighted by Crippen LogP contribution is 2.14. The van der Waals surface area contributed by atoms with Gasteiger partial charge in [-0.25, -0.2) is 0 Å². The zero-order valence-electron chi connectivity index (χ0n) is 11.6. The Kier molecular flexibility index (Phi) is 7.77. The first-order chi connectivity index (χ1) is 8.24. The van der Waals surface area contributed by atoms with Crippen LogP contribution in [0.4, 0.5) is 0 Å². The van der Waals surface area contributed by atoms with Crippen LogP contribution in [0.25, 0.3) is 0 Å². The van der Waals surface area contributed by atoms with Crippen molar-refractivity contribution in [3.05, 3.63) is 0 Å². The summed E-state index contributed by atoms with van der Waals surface area (Å²) in [7, 11) is 3.92. The van der Waals surface area contributed by atoms with Gasteiger partial charge in [0, 0.05) is 46.0 Å². The van der Waals surface area contributed by atoms with Gasteiger partial charge in [-0.05, 0) is 33.2 Å². The maximum absolute atomic E-state index is 5.66. The molecule has 1 N–H and O–H groups in total. The maximum Gasteiger partial charge on any atom is 0.0726 e. The van der Waals surface area contributed by atoms with Crippen LogP contribution >= 0.6 is 0 Å². The summed E-state index contributed by atoms with van der Waals surface area (Å²) in [5.41, 5.74) is 0. The third-order valence-electron chi connectivity index (χ3n) is 3.37. The molecule has 0 bridgehead atoms. The van der Waals surface area contributed by atoms with Crippen molar-refractivity contribution in [3.63, 3.8) is 0 Å². The zero-order valence-corrected chi connectivity index (χ0v) is 11.6. The van der Waals surface area contributed by atoms with Crippen LogP contribution in [0.2, 0.25) is 0 Å². The van der Waals surface area contributed by atoms with E-state index in [1.807, 2.05) is 0 Å². The van der Waals surface area contributed by atoms with Gasteiger partial charge in [0.2, 0.25) is 0 Å². The summed E-state index contributed by atoms with van der Waals surface area (Å²) in [6, 6.07) is 0.477. The van der Waals surface area contributed by atoms with Crippen LogP contribution in [-0.2, 0) is 9.47 Å². The van der Waals surface area contributed by atoms with E-state index in [4.69, 9.17) is 9.47 Å². The van der Waals surface area contributed by atoms with Gasteiger partial charge < -0.3 is 19.7 Å². The summed E-state index contributed by atoms with van der Waals surface area (Å²) in [6.45, 7) is 7.23. The predicted molar refractivity (Wildman–Crippen MR) is 70.4 cm³/mol. The molecule has 2 atom stereocenters. The molecule has 102 valence electrons. The fourth-order valence-corrected chi connectivity index (χ4v) is 2.20. The average molecular weight is 244 g/mol. The molecule has 1 aliphatic heterocycles. The molecule has 0 spiro atoms. The Bertz CT molecular complexity index is 184. The molecule has 0 aromatic carbocycles. The van der Waals surface area contributed by atoms with Crippen LogP contribution in [0.1, 0.15) is 26.2 Å². The minimum atomic E-state index is 0.425. The van der Waals surface area contributed by atoms with Crippen molar-refractivity contribution in [1.29, 1.82) is 0 Å². The first-order valence-electron chi connectivity index (χ1n) is 6.76. The zero-order chi connectivity index (χ0) is 12.5. The Labute approximate surface area is 106 Å². The van der Waals surface area contributed by atoms with E-state index >= 15 is 0 Å². The molecular formula is C13H28N2O2. The summed E-state index contributed by atoms with van der Waals surface area (Å²) >= 11 is 0. The van der Waals surface area contributed by atoms with Crippen molar-refractivity contribution in [2.75, 3.05) is 47.0 Å². The molecule has 1 aliphatic rings. The molecule has 17 heavy (non-hydrogen) atoms. The Morgan fingerprint density at radius 1 is 1.47 bits per heavy atom. The van der Waals surface area contributed by atoms with Gasteiger partial charge in [-0.15, -0.1) is 0 Å². The topological polar surface area (TPSA) is 33.7 Å². The van der Waals surface area contributed by atoms with Crippen molar-refractivity contribution in [1.82, 2.24) is 10.2 Å². The van der Waals surface area contributed by atoms with Gasteiger partial charge in [-0.1, -0.05) is 0 Å². The minimum Gasteiger partial charge on any atom is -0.385 e. The number of likely N-dealkylation sites (N-methyl/N-ethyl adjacent to an activating group) is 1. The van der Waals surface area contributed by atoms with Crippen LogP contribution in [0.3, 0.4) is 0 Å². The van der Waals surface area contributed by atoms with Crippen LogP contribution in [0.15, 0.2) is 0 Å². The van der Waals surface area contributed by atoms with E-state index in [-0.39, 0.29) is 0 Å². The van der Waals surface area contributed by atoms with E-state index in [9.17, 15) is 0 Å². The Balaban J connectivity index is 1.98. The number of hydrogen-bond acceptors (Lipinski definition) is 4. The third kappa shape index (κ3) is 6.36. The number of hydrogen-bond donors (Lipinski definition) is 1. The lowest BCUT2D eigenvalue weighted by Crippen LogP contribution is -2.41. The monoisotopic (exact) mass is 244 g/mol. The number of ether oxygens (including phenoxy) is 2. The third-order valence-corrected chi connectivity index (χ3v) is 3.37. The first-order valence-corrected chi connectivity index (χ1v) is 6.76. The van der Waals surface area contributed by atoms with E-state index in [1.165, 1.54) is 12.8 Å². The lowest BCUT2D eigenvalue weighted by Gasteiger charge is -2.22. The first kappa shape index (κ1) is 14.9. The molecule has 0 aromatic rings. The second-order valence-electron chi connectivity index (χ2n) is 4.94. The number of nitrogens with zero attached hydrogens (tertiary/aromatic N) is 1. The summed E-state index contributed by atoms with van der Waals surface area (Å²) in [6.07, 6.45) is 3.95. The van der Waals surface area contributed by atoms with Crippen LogP contribution in [-0.4, -0.2) is 64.1 Å². The standard InChI is InChI=1S/C13H28N2O2/c1-12(13-6-4-11-17-13)14-7-9-15(2)8-5-10-16-3/h12-14H,4-11H2,1-3H3. The van der Waals surface area contributed by atoms with Gasteiger partial charge in [0.1, 0.15) is 0 Å². The Hall–Kier alpha value is -0.160. The molecule has 1 fully saturated rings. The van der Waals surface area contributed by atoms with Gasteiger partial charge in [-0.2, -0.15) is 0 Å². The molecule has 4 heteroatoms. The lowest BCUT2D eigenvalue weighted by atomic mass is 10.1. The van der Waals surface area contributed by atoms with Gasteiger partial charge >= 0.3 is 0 Å². The molecule has 4 nitrogen and oxygen atoms in total. The molecule has 1 saturated heterocycles. The summed E-state index contributed by atoms with van der Waals surface area (Å²) < 4.78 is 10.7. The second-order valence-corrected chi connectivity index (χ2v) is 4.94. The van der Waals surface area contributed by atoms with E-state index in [2.05, 4.69) is 24.2 Å². The fourth-order valence-electron chi connectivity index (χ4n) is 2.20. The molecule has 0 radical (unpaired) electrons. The largest absolute Gasteiger partial charge is 0.385 e. The molecule has 0 saturated carbocycles. The molecule has 2 unspecified atom stereocenters. The van der Waals surface area contributed by atoms with Gasteiger partial charge in [0.15, 0.2) is 0 Å². The van der Waals surface area contributed by atoms with Crippen molar-refractivity contribution in [2.45, 2.75) is 38.3 Å². The number of nitrogens with one attached hydrogen (secondary N) is 1. The van der Waals surface area contributed by atoms with Crippen LogP contribution in [0, 0.1) is 0 Å². The van der Waals surface area contributed by atoms with E-state index in [0.717, 1.165) is 39.3 Å². The van der Waals surface area contributed by atoms with Gasteiger partial charge in [0.05, 0.1) is 6.10 Å². The summed E-state index contributed by atoms with van der Waals surface area (Å²) in [5.74, 6) is 0. The SMILES string of the molecule is COCCCN(C)CCNC(C)C1CCCO1. The highest BCUT2D eigenvalue weighted by Gasteiger charge is 2.21. The quantitative estimate of drug-likeness (QED) is 0.616. The lowest BCUT2D eigenvalue weighted by molar-refractivity contribution is 0.0828. The van der Waals surface area contributed by atoms with Gasteiger partial charge in [0.25, 0.3) is 0 Å². The van der Waals surface area contributed by atoms with Crippen molar-refractivity contribution in [2.24, 2.45) is 0 Å². The molecule has 0 aromatic heterocycles. The summed E-state index contributed by atoms with van der Waals surface area (Å²) in [4.78, 5) is 2.34. The molecule has 0 amide bonds. The number of rotatable bonds is 9. The molecule has 1 heterocycles. The van der Waals surface area contributed by atoms with E-state index < -0.39 is 0 Å². The Morgan fingerprint density at radius 2 is 2.29 bits per heavy atom. The van der Waals surface area contributed by atoms with E-state index in [0.29, 0.717) is 12.1 Å². The van der Waals surface area contributed by atoms with Gasteiger partial charge in [-0.3, -0.25) is 0 Å². The second kappa shape index (κ2) is 8.86. The maximum atomic E-state index is 5.66. The van der Waals surface area contributed by atoms with Crippen LogP contribution in [0.5, 0.6) is 0 Å². The van der Waals surface area contributed by atoms with Crippen molar-refractivity contribution in [3.8, 4) is 0 Å². The fraction of sp³-hybridized carbons (Fsp3) is 1.00. The molecule has 1 rings (SSSR count). The number of methoxy groups -OCH3 is 1. The van der Waals surface area contributed by atoms with Crippen LogP contribution < -0.4 is 5.32 Å². The molecule has 0 aliphatic carbocycles. The predicted octanol–water partition coefficient (Wildman–Crippen LogP) is 1.11. The summed E-state index contributed by atoms with van der Waals surface area (Å²) in [5, 5.41) is 3.55. The smallest absolute Gasteiger partial charge is 0.0726 e. The van der Waals surface area contributed by atoms with E-state index in [1.54, 1.807) is 7.11 Å². The highest BCUT2D eigenvalue weighted by atomic mass is 16.5. The average Bonchev–Trinajstić information content (AvgIpc) is 2.82. The van der Waals surface area contributed by atoms with Crippen molar-refractivity contribution >= 4 is 0 Å². The minimum absolute atomic E-state index is 0.425.